The molecule has 1 aromatic rings. The zero-order valence-electron chi connectivity index (χ0n) is 11.4. The van der Waals surface area contributed by atoms with Crippen molar-refractivity contribution in [3.8, 4) is 5.75 Å². The molecular weight excluding hydrogens is 256 g/mol. The Bertz CT molecular complexity index is 526. The van der Waals surface area contributed by atoms with Crippen molar-refractivity contribution in [2.45, 2.75) is 43.8 Å². The summed E-state index contributed by atoms with van der Waals surface area (Å²) in [5.74, 6) is 0.00536. The number of carbonyl (C=O) groups is 1. The van der Waals surface area contributed by atoms with Gasteiger partial charge in [0.15, 0.2) is 0 Å². The van der Waals surface area contributed by atoms with Gasteiger partial charge in [0.1, 0.15) is 11.9 Å². The van der Waals surface area contributed by atoms with Crippen LogP contribution in [0, 0.1) is 0 Å². The van der Waals surface area contributed by atoms with Crippen LogP contribution in [0.3, 0.4) is 0 Å². The Morgan fingerprint density at radius 3 is 2.85 bits per heavy atom. The second kappa shape index (κ2) is 4.98. The van der Waals surface area contributed by atoms with Gasteiger partial charge in [-0.2, -0.15) is 0 Å². The van der Waals surface area contributed by atoms with Gasteiger partial charge < -0.3 is 20.9 Å². The van der Waals surface area contributed by atoms with Gasteiger partial charge in [-0.1, -0.05) is 0 Å². The Hall–Kier alpha value is -1.75. The molecule has 2 fully saturated rings. The van der Waals surface area contributed by atoms with E-state index in [0.29, 0.717) is 23.6 Å². The minimum absolute atomic E-state index is 0.0175. The topological polar surface area (TPSA) is 87.6 Å². The molecule has 0 aromatic heterocycles. The lowest BCUT2D eigenvalue weighted by atomic mass is 9.74. The van der Waals surface area contributed by atoms with Gasteiger partial charge >= 0.3 is 0 Å². The zero-order chi connectivity index (χ0) is 14.2. The van der Waals surface area contributed by atoms with E-state index in [9.17, 15) is 4.79 Å². The maximum atomic E-state index is 11.5. The molecular formula is C15H20N2O3. The Labute approximate surface area is 118 Å². The van der Waals surface area contributed by atoms with Crippen molar-refractivity contribution in [3.05, 3.63) is 23.8 Å². The second-order valence-corrected chi connectivity index (χ2v) is 5.74. The van der Waals surface area contributed by atoms with Crippen molar-refractivity contribution in [1.29, 1.82) is 0 Å². The summed E-state index contributed by atoms with van der Waals surface area (Å²) in [6, 6.07) is 5.01. The number of hydrogen-bond acceptors (Lipinski definition) is 4. The molecule has 1 aliphatic heterocycles. The van der Waals surface area contributed by atoms with Crippen LogP contribution in [-0.2, 0) is 4.74 Å². The molecule has 1 saturated heterocycles. The molecule has 2 aliphatic rings. The molecule has 1 heterocycles. The number of amides is 1. The predicted octanol–water partition coefficient (Wildman–Crippen LogP) is 1.85. The minimum Gasteiger partial charge on any atom is -0.489 e. The van der Waals surface area contributed by atoms with E-state index in [1.54, 1.807) is 18.2 Å². The smallest absolute Gasteiger partial charge is 0.252 e. The van der Waals surface area contributed by atoms with E-state index in [1.165, 1.54) is 6.42 Å². The Morgan fingerprint density at radius 1 is 1.40 bits per heavy atom. The van der Waals surface area contributed by atoms with E-state index in [2.05, 4.69) is 0 Å². The normalized spacial score (nSPS) is 24.1. The van der Waals surface area contributed by atoms with Gasteiger partial charge in [0.25, 0.3) is 5.91 Å². The highest BCUT2D eigenvalue weighted by Crippen LogP contribution is 2.43. The van der Waals surface area contributed by atoms with Crippen LogP contribution in [0.15, 0.2) is 18.2 Å². The predicted molar refractivity (Wildman–Crippen MR) is 75.6 cm³/mol. The van der Waals surface area contributed by atoms with Gasteiger partial charge in [0.2, 0.25) is 0 Å². The number of hydrogen-bond donors (Lipinski definition) is 2. The highest BCUT2D eigenvalue weighted by molar-refractivity contribution is 5.96. The average molecular weight is 276 g/mol. The Kier molecular flexibility index (Phi) is 3.30. The van der Waals surface area contributed by atoms with Crippen molar-refractivity contribution >= 4 is 11.6 Å². The lowest BCUT2D eigenvalue weighted by molar-refractivity contribution is -0.153. The van der Waals surface area contributed by atoms with Crippen molar-refractivity contribution in [1.82, 2.24) is 0 Å². The fourth-order valence-electron chi connectivity index (χ4n) is 3.03. The summed E-state index contributed by atoms with van der Waals surface area (Å²) >= 11 is 0. The monoisotopic (exact) mass is 276 g/mol. The van der Waals surface area contributed by atoms with Crippen molar-refractivity contribution < 1.29 is 14.3 Å². The van der Waals surface area contributed by atoms with Gasteiger partial charge in [0, 0.05) is 18.5 Å². The SMILES string of the molecule is NC(=O)c1cc(N)ccc1OC1CCOC2(CCC2)C1. The van der Waals surface area contributed by atoms with Crippen LogP contribution in [0.1, 0.15) is 42.5 Å². The van der Waals surface area contributed by atoms with Crippen LogP contribution in [0.25, 0.3) is 0 Å². The van der Waals surface area contributed by atoms with E-state index in [-0.39, 0.29) is 11.7 Å². The summed E-state index contributed by atoms with van der Waals surface area (Å²) < 4.78 is 11.9. The van der Waals surface area contributed by atoms with Crippen LogP contribution in [0.2, 0.25) is 0 Å². The van der Waals surface area contributed by atoms with E-state index in [4.69, 9.17) is 20.9 Å². The van der Waals surface area contributed by atoms with Gasteiger partial charge in [-0.3, -0.25) is 4.79 Å². The minimum atomic E-state index is -0.516. The van der Waals surface area contributed by atoms with Crippen LogP contribution >= 0.6 is 0 Å². The van der Waals surface area contributed by atoms with E-state index in [1.807, 2.05) is 0 Å². The van der Waals surface area contributed by atoms with E-state index in [0.717, 1.165) is 25.7 Å². The molecule has 1 spiro atoms. The molecule has 20 heavy (non-hydrogen) atoms. The van der Waals surface area contributed by atoms with Crippen LogP contribution in [-0.4, -0.2) is 24.2 Å². The number of rotatable bonds is 3. The quantitative estimate of drug-likeness (QED) is 0.825. The third kappa shape index (κ3) is 2.45. The van der Waals surface area contributed by atoms with Gasteiger partial charge in [-0.15, -0.1) is 0 Å². The fourth-order valence-corrected chi connectivity index (χ4v) is 3.03. The molecule has 5 heteroatoms. The summed E-state index contributed by atoms with van der Waals surface area (Å²) in [6.07, 6.45) is 5.24. The molecule has 1 atom stereocenters. The molecule has 0 radical (unpaired) electrons. The van der Waals surface area contributed by atoms with Gasteiger partial charge in [-0.25, -0.2) is 0 Å². The number of nitrogen functional groups attached to an aromatic ring is 1. The molecule has 0 bridgehead atoms. The summed E-state index contributed by atoms with van der Waals surface area (Å²) in [5, 5.41) is 0. The number of primary amides is 1. The standard InChI is InChI=1S/C15H20N2O3/c16-10-2-3-13(12(8-10)14(17)18)20-11-4-7-19-15(9-11)5-1-6-15/h2-3,8,11H,1,4-7,9,16H2,(H2,17,18). The number of ether oxygens (including phenoxy) is 2. The highest BCUT2D eigenvalue weighted by atomic mass is 16.5. The summed E-state index contributed by atoms with van der Waals surface area (Å²) in [5.41, 5.74) is 11.9. The molecule has 1 aliphatic carbocycles. The molecule has 5 nitrogen and oxygen atoms in total. The first-order valence-corrected chi connectivity index (χ1v) is 7.08. The number of benzene rings is 1. The van der Waals surface area contributed by atoms with Crippen LogP contribution in [0.5, 0.6) is 5.75 Å². The highest BCUT2D eigenvalue weighted by Gasteiger charge is 2.43. The van der Waals surface area contributed by atoms with Crippen molar-refractivity contribution in [2.24, 2.45) is 5.73 Å². The second-order valence-electron chi connectivity index (χ2n) is 5.74. The van der Waals surface area contributed by atoms with Gasteiger partial charge in [0.05, 0.1) is 17.8 Å². The number of nitrogens with two attached hydrogens (primary N) is 2. The first-order chi connectivity index (χ1) is 9.58. The van der Waals surface area contributed by atoms with Crippen molar-refractivity contribution in [2.75, 3.05) is 12.3 Å². The number of anilines is 1. The molecule has 1 saturated carbocycles. The Balaban J connectivity index is 1.75. The average Bonchev–Trinajstić information content (AvgIpc) is 2.39. The summed E-state index contributed by atoms with van der Waals surface area (Å²) in [6.45, 7) is 0.714. The molecule has 108 valence electrons. The zero-order valence-corrected chi connectivity index (χ0v) is 11.4. The fraction of sp³-hybridized carbons (Fsp3) is 0.533. The maximum absolute atomic E-state index is 11.5. The largest absolute Gasteiger partial charge is 0.489 e. The molecule has 3 rings (SSSR count). The third-order valence-corrected chi connectivity index (χ3v) is 4.28. The molecule has 4 N–H and O–H groups in total. The van der Waals surface area contributed by atoms with Gasteiger partial charge in [-0.05, 0) is 37.5 Å². The first-order valence-electron chi connectivity index (χ1n) is 7.08. The van der Waals surface area contributed by atoms with E-state index >= 15 is 0 Å². The maximum Gasteiger partial charge on any atom is 0.252 e. The lowest BCUT2D eigenvalue weighted by Crippen LogP contribution is -2.48. The Morgan fingerprint density at radius 2 is 2.20 bits per heavy atom. The third-order valence-electron chi connectivity index (χ3n) is 4.28. The molecule has 1 unspecified atom stereocenters. The first kappa shape index (κ1) is 13.2. The molecule has 1 amide bonds. The van der Waals surface area contributed by atoms with E-state index < -0.39 is 5.91 Å². The summed E-state index contributed by atoms with van der Waals surface area (Å²) in [4.78, 5) is 11.5. The van der Waals surface area contributed by atoms with Crippen LogP contribution in [0.4, 0.5) is 5.69 Å². The lowest BCUT2D eigenvalue weighted by Gasteiger charge is -2.47. The van der Waals surface area contributed by atoms with Crippen molar-refractivity contribution in [3.63, 3.8) is 0 Å². The summed E-state index contributed by atoms with van der Waals surface area (Å²) in [7, 11) is 0. The number of carbonyl (C=O) groups excluding carboxylic acids is 1. The van der Waals surface area contributed by atoms with Crippen LogP contribution < -0.4 is 16.2 Å². The molecule has 1 aromatic carbocycles.